The van der Waals surface area contributed by atoms with Crippen LogP contribution < -0.4 is 0 Å². The number of carbonyl (C=O) groups excluding carboxylic acids is 1. The monoisotopic (exact) mass is 237 g/mol. The average Bonchev–Trinajstić information content (AvgIpc) is 2.98. The summed E-state index contributed by atoms with van der Waals surface area (Å²) in [7, 11) is 0. The van der Waals surface area contributed by atoms with Crippen LogP contribution in [0.2, 0.25) is 0 Å². The van der Waals surface area contributed by atoms with Gasteiger partial charge in [-0.05, 0) is 18.8 Å². The van der Waals surface area contributed by atoms with Gasteiger partial charge in [-0.2, -0.15) is 0 Å². The van der Waals surface area contributed by atoms with Crippen LogP contribution in [-0.2, 0) is 4.79 Å². The van der Waals surface area contributed by atoms with Gasteiger partial charge < -0.3 is 4.90 Å². The van der Waals surface area contributed by atoms with Crippen LogP contribution in [0.25, 0.3) is 0 Å². The molecule has 14 heavy (non-hydrogen) atoms. The Morgan fingerprint density at radius 3 is 2.21 bits per heavy atom. The SMILES string of the molecule is CC(C(=O)N(CCCl)CCCl)C1CC1. The van der Waals surface area contributed by atoms with E-state index < -0.39 is 0 Å². The molecule has 0 bridgehead atoms. The zero-order valence-electron chi connectivity index (χ0n) is 8.51. The van der Waals surface area contributed by atoms with E-state index >= 15 is 0 Å². The third-order valence-corrected chi connectivity index (χ3v) is 3.08. The molecule has 0 heterocycles. The lowest BCUT2D eigenvalue weighted by Crippen LogP contribution is -2.38. The first-order valence-corrected chi connectivity index (χ1v) is 6.18. The van der Waals surface area contributed by atoms with Gasteiger partial charge in [-0.25, -0.2) is 0 Å². The zero-order chi connectivity index (χ0) is 10.6. The van der Waals surface area contributed by atoms with Crippen LogP contribution >= 0.6 is 23.2 Å². The van der Waals surface area contributed by atoms with Crippen molar-refractivity contribution in [2.75, 3.05) is 24.8 Å². The van der Waals surface area contributed by atoms with Crippen LogP contribution in [0.4, 0.5) is 0 Å². The first-order valence-electron chi connectivity index (χ1n) is 5.11. The molecule has 1 amide bonds. The van der Waals surface area contributed by atoms with Crippen molar-refractivity contribution in [2.45, 2.75) is 19.8 Å². The first kappa shape index (κ1) is 12.1. The molecule has 0 spiro atoms. The molecular formula is C10H17Cl2NO. The molecule has 0 aromatic heterocycles. The van der Waals surface area contributed by atoms with E-state index in [4.69, 9.17) is 23.2 Å². The van der Waals surface area contributed by atoms with Crippen molar-refractivity contribution < 1.29 is 4.79 Å². The average molecular weight is 238 g/mol. The second-order valence-corrected chi connectivity index (χ2v) is 4.59. The van der Waals surface area contributed by atoms with E-state index in [9.17, 15) is 4.79 Å². The Morgan fingerprint density at radius 1 is 1.36 bits per heavy atom. The minimum atomic E-state index is 0.154. The molecule has 2 nitrogen and oxygen atoms in total. The highest BCUT2D eigenvalue weighted by Gasteiger charge is 2.34. The third-order valence-electron chi connectivity index (χ3n) is 2.74. The van der Waals surface area contributed by atoms with Gasteiger partial charge >= 0.3 is 0 Å². The Kier molecular flexibility index (Phi) is 5.04. The lowest BCUT2D eigenvalue weighted by atomic mass is 10.1. The number of hydrogen-bond acceptors (Lipinski definition) is 1. The highest BCUT2D eigenvalue weighted by Crippen LogP contribution is 2.37. The van der Waals surface area contributed by atoms with Crippen molar-refractivity contribution in [3.63, 3.8) is 0 Å². The van der Waals surface area contributed by atoms with Gasteiger partial charge in [0.05, 0.1) is 0 Å². The molecule has 0 radical (unpaired) electrons. The maximum Gasteiger partial charge on any atom is 0.225 e. The molecule has 82 valence electrons. The minimum absolute atomic E-state index is 0.154. The van der Waals surface area contributed by atoms with E-state index in [1.807, 2.05) is 6.92 Å². The number of rotatable bonds is 6. The normalized spacial score (nSPS) is 17.9. The maximum absolute atomic E-state index is 11.9. The molecule has 1 fully saturated rings. The van der Waals surface area contributed by atoms with Gasteiger partial charge in [0.1, 0.15) is 0 Å². The van der Waals surface area contributed by atoms with Gasteiger partial charge in [0.25, 0.3) is 0 Å². The number of hydrogen-bond donors (Lipinski definition) is 0. The molecule has 0 saturated heterocycles. The lowest BCUT2D eigenvalue weighted by molar-refractivity contribution is -0.135. The topological polar surface area (TPSA) is 20.3 Å². The standard InChI is InChI=1S/C10H17Cl2NO/c1-8(9-2-3-9)10(14)13(6-4-11)7-5-12/h8-9H,2-7H2,1H3. The molecule has 1 saturated carbocycles. The molecule has 1 atom stereocenters. The van der Waals surface area contributed by atoms with E-state index in [1.54, 1.807) is 4.90 Å². The quantitative estimate of drug-likeness (QED) is 0.650. The molecule has 0 aliphatic heterocycles. The molecule has 0 aromatic rings. The van der Waals surface area contributed by atoms with Crippen molar-refractivity contribution in [1.29, 1.82) is 0 Å². The molecule has 0 N–H and O–H groups in total. The zero-order valence-corrected chi connectivity index (χ0v) is 10.0. The maximum atomic E-state index is 11.9. The fraction of sp³-hybridized carbons (Fsp3) is 0.900. The molecule has 1 aliphatic carbocycles. The molecule has 1 unspecified atom stereocenters. The molecular weight excluding hydrogens is 221 g/mol. The Bertz CT molecular complexity index is 189. The number of halogens is 2. The van der Waals surface area contributed by atoms with Gasteiger partial charge in [-0.15, -0.1) is 23.2 Å². The van der Waals surface area contributed by atoms with Crippen LogP contribution in [0.15, 0.2) is 0 Å². The molecule has 0 aromatic carbocycles. The van der Waals surface area contributed by atoms with E-state index in [0.717, 1.165) is 0 Å². The van der Waals surface area contributed by atoms with Crippen molar-refractivity contribution >= 4 is 29.1 Å². The summed E-state index contributed by atoms with van der Waals surface area (Å²) in [6.07, 6.45) is 2.39. The van der Waals surface area contributed by atoms with Crippen LogP contribution in [0.1, 0.15) is 19.8 Å². The summed E-state index contributed by atoms with van der Waals surface area (Å²) in [6.45, 7) is 3.24. The van der Waals surface area contributed by atoms with Crippen molar-refractivity contribution in [1.82, 2.24) is 4.90 Å². The largest absolute Gasteiger partial charge is 0.340 e. The fourth-order valence-corrected chi connectivity index (χ4v) is 2.03. The van der Waals surface area contributed by atoms with Gasteiger partial charge in [-0.1, -0.05) is 6.92 Å². The summed E-state index contributed by atoms with van der Waals surface area (Å²) in [6, 6.07) is 0. The Labute approximate surface area is 95.5 Å². The molecule has 1 aliphatic rings. The molecule has 1 rings (SSSR count). The summed E-state index contributed by atoms with van der Waals surface area (Å²) in [5, 5.41) is 0. The second-order valence-electron chi connectivity index (χ2n) is 3.83. The van der Waals surface area contributed by atoms with E-state index in [-0.39, 0.29) is 11.8 Å². The Hall–Kier alpha value is 0.0500. The summed E-state index contributed by atoms with van der Waals surface area (Å²) in [5.74, 6) is 1.95. The highest BCUT2D eigenvalue weighted by atomic mass is 35.5. The van der Waals surface area contributed by atoms with Crippen LogP contribution in [-0.4, -0.2) is 35.7 Å². The lowest BCUT2D eigenvalue weighted by Gasteiger charge is -2.24. The van der Waals surface area contributed by atoms with E-state index in [1.165, 1.54) is 12.8 Å². The van der Waals surface area contributed by atoms with Crippen molar-refractivity contribution in [3.05, 3.63) is 0 Å². The Balaban J connectivity index is 2.43. The minimum Gasteiger partial charge on any atom is -0.340 e. The first-order chi connectivity index (χ1) is 6.70. The predicted molar refractivity (Wildman–Crippen MR) is 59.9 cm³/mol. The summed E-state index contributed by atoms with van der Waals surface area (Å²) >= 11 is 11.3. The van der Waals surface area contributed by atoms with Gasteiger partial charge in [0, 0.05) is 30.8 Å². The summed E-state index contributed by atoms with van der Waals surface area (Å²) in [4.78, 5) is 13.7. The summed E-state index contributed by atoms with van der Waals surface area (Å²) < 4.78 is 0. The number of alkyl halides is 2. The van der Waals surface area contributed by atoms with Crippen molar-refractivity contribution in [3.8, 4) is 0 Å². The van der Waals surface area contributed by atoms with Crippen LogP contribution in [0.3, 0.4) is 0 Å². The number of amides is 1. The highest BCUT2D eigenvalue weighted by molar-refractivity contribution is 6.18. The Morgan fingerprint density at radius 2 is 1.86 bits per heavy atom. The van der Waals surface area contributed by atoms with Gasteiger partial charge in [-0.3, -0.25) is 4.79 Å². The predicted octanol–water partition coefficient (Wildman–Crippen LogP) is 2.34. The third kappa shape index (κ3) is 3.32. The smallest absolute Gasteiger partial charge is 0.225 e. The van der Waals surface area contributed by atoms with Gasteiger partial charge in [0.2, 0.25) is 5.91 Å². The summed E-state index contributed by atoms with van der Waals surface area (Å²) in [5.41, 5.74) is 0. The van der Waals surface area contributed by atoms with Crippen LogP contribution in [0, 0.1) is 11.8 Å². The van der Waals surface area contributed by atoms with Crippen molar-refractivity contribution in [2.24, 2.45) is 11.8 Å². The second kappa shape index (κ2) is 5.82. The fourth-order valence-electron chi connectivity index (χ4n) is 1.62. The van der Waals surface area contributed by atoms with E-state index in [0.29, 0.717) is 30.8 Å². The molecule has 4 heteroatoms. The van der Waals surface area contributed by atoms with Gasteiger partial charge in [0.15, 0.2) is 0 Å². The van der Waals surface area contributed by atoms with E-state index in [2.05, 4.69) is 0 Å². The van der Waals surface area contributed by atoms with Crippen LogP contribution in [0.5, 0.6) is 0 Å². The number of carbonyl (C=O) groups is 1. The number of nitrogens with zero attached hydrogens (tertiary/aromatic N) is 1.